The molecular weight excluding hydrogens is 198 g/mol. The minimum absolute atomic E-state index is 0.809. The molecule has 0 amide bonds. The van der Waals surface area contributed by atoms with Crippen molar-refractivity contribution < 1.29 is 4.74 Å². The highest BCUT2D eigenvalue weighted by Crippen LogP contribution is 2.11. The van der Waals surface area contributed by atoms with Gasteiger partial charge in [0.1, 0.15) is 12.4 Å². The molecule has 90 valence electrons. The minimum atomic E-state index is 0.809. The predicted octanol–water partition coefficient (Wildman–Crippen LogP) is 3.11. The quantitative estimate of drug-likeness (QED) is 0.774. The Morgan fingerprint density at radius 3 is 2.25 bits per heavy atom. The summed E-state index contributed by atoms with van der Waals surface area (Å²) in [6, 6.07) is 8.23. The van der Waals surface area contributed by atoms with Crippen molar-refractivity contribution in [1.29, 1.82) is 0 Å². The zero-order valence-electron chi connectivity index (χ0n) is 10.7. The van der Waals surface area contributed by atoms with Crippen molar-refractivity contribution in [3.63, 3.8) is 0 Å². The highest BCUT2D eigenvalue weighted by Gasteiger charge is 2.12. The van der Waals surface area contributed by atoms with Crippen molar-refractivity contribution in [3.8, 4) is 5.75 Å². The van der Waals surface area contributed by atoms with E-state index in [2.05, 4.69) is 24.0 Å². The Labute approximate surface area is 99.2 Å². The molecule has 2 heteroatoms. The van der Waals surface area contributed by atoms with E-state index < -0.39 is 0 Å². The third kappa shape index (κ3) is 4.23. The maximum Gasteiger partial charge on any atom is 0.119 e. The van der Waals surface area contributed by atoms with Gasteiger partial charge in [-0.25, -0.2) is 0 Å². The third-order valence-electron chi connectivity index (χ3n) is 2.65. The van der Waals surface area contributed by atoms with E-state index in [0.717, 1.165) is 18.9 Å². The first-order chi connectivity index (χ1) is 7.84. The van der Waals surface area contributed by atoms with Gasteiger partial charge < -0.3 is 4.74 Å². The summed E-state index contributed by atoms with van der Waals surface area (Å²) in [4.78, 5) is 2.41. The van der Waals surface area contributed by atoms with E-state index in [9.17, 15) is 0 Å². The summed E-state index contributed by atoms with van der Waals surface area (Å²) in [5.41, 5.74) is 1.28. The van der Waals surface area contributed by atoms with E-state index in [1.807, 2.05) is 26.0 Å². The summed E-state index contributed by atoms with van der Waals surface area (Å²) in [5.74, 6) is 0.983. The Kier molecular flexibility index (Phi) is 5.94. The number of hydrogen-bond donors (Lipinski definition) is 0. The first-order valence-electron chi connectivity index (χ1n) is 6.26. The second kappa shape index (κ2) is 7.29. The zero-order valence-corrected chi connectivity index (χ0v) is 10.7. The molecule has 0 N–H and O–H groups in total. The van der Waals surface area contributed by atoms with E-state index in [1.54, 1.807) is 0 Å². The van der Waals surface area contributed by atoms with E-state index in [1.165, 1.54) is 25.1 Å². The topological polar surface area (TPSA) is 12.5 Å². The first kappa shape index (κ1) is 13.0. The summed E-state index contributed by atoms with van der Waals surface area (Å²) in [5, 5.41) is 0. The number of nitrogens with zero attached hydrogens (tertiary/aromatic N) is 1. The first-order valence-corrected chi connectivity index (χ1v) is 6.26. The third-order valence-corrected chi connectivity index (χ3v) is 2.65. The fourth-order valence-electron chi connectivity index (χ4n) is 1.53. The highest BCUT2D eigenvalue weighted by atomic mass is 16.5. The summed E-state index contributed by atoms with van der Waals surface area (Å²) >= 11 is 0. The smallest absolute Gasteiger partial charge is 0.119 e. The highest BCUT2D eigenvalue weighted by molar-refractivity contribution is 5.26. The number of hydrogen-bond acceptors (Lipinski definition) is 2. The van der Waals surface area contributed by atoms with Crippen LogP contribution in [-0.2, 0) is 0 Å². The molecule has 2 rings (SSSR count). The molecule has 0 unspecified atom stereocenters. The molecular formula is C14H23NO. The van der Waals surface area contributed by atoms with Gasteiger partial charge in [0.25, 0.3) is 0 Å². The van der Waals surface area contributed by atoms with Crippen molar-refractivity contribution in [2.75, 3.05) is 26.2 Å². The molecule has 0 bridgehead atoms. The summed E-state index contributed by atoms with van der Waals surface area (Å²) in [6.07, 6.45) is 1.35. The van der Waals surface area contributed by atoms with E-state index >= 15 is 0 Å². The van der Waals surface area contributed by atoms with Gasteiger partial charge in [-0.05, 0) is 38.6 Å². The fraction of sp³-hybridized carbons (Fsp3) is 0.571. The molecule has 1 heterocycles. The maximum atomic E-state index is 5.63. The number of rotatable bonds is 4. The van der Waals surface area contributed by atoms with Gasteiger partial charge in [0.2, 0.25) is 0 Å². The van der Waals surface area contributed by atoms with Crippen molar-refractivity contribution in [2.24, 2.45) is 0 Å². The predicted molar refractivity (Wildman–Crippen MR) is 69.1 cm³/mol. The molecule has 16 heavy (non-hydrogen) atoms. The lowest BCUT2D eigenvalue weighted by Gasteiger charge is -2.30. The van der Waals surface area contributed by atoms with Gasteiger partial charge >= 0.3 is 0 Å². The van der Waals surface area contributed by atoms with Crippen LogP contribution < -0.4 is 4.74 Å². The number of aryl methyl sites for hydroxylation is 1. The Balaban J connectivity index is 0.000000606. The van der Waals surface area contributed by atoms with Crippen LogP contribution in [0.2, 0.25) is 0 Å². The van der Waals surface area contributed by atoms with E-state index in [4.69, 9.17) is 4.74 Å². The Morgan fingerprint density at radius 1 is 1.12 bits per heavy atom. The van der Waals surface area contributed by atoms with Crippen LogP contribution in [0.25, 0.3) is 0 Å². The van der Waals surface area contributed by atoms with Crippen molar-refractivity contribution >= 4 is 0 Å². The standard InChI is InChI=1S/C12H17NO.C2H6/c1-11-3-5-12(6-4-11)14-10-9-13-7-2-8-13;1-2/h3-6H,2,7-10H2,1H3;1-2H3. The van der Waals surface area contributed by atoms with Crippen molar-refractivity contribution in [1.82, 2.24) is 4.90 Å². The second-order valence-electron chi connectivity index (χ2n) is 3.86. The molecule has 0 aliphatic carbocycles. The molecule has 1 saturated heterocycles. The van der Waals surface area contributed by atoms with Crippen LogP contribution in [0.4, 0.5) is 0 Å². The summed E-state index contributed by atoms with van der Waals surface area (Å²) in [7, 11) is 0. The molecule has 1 aliphatic heterocycles. The molecule has 1 fully saturated rings. The van der Waals surface area contributed by atoms with Crippen molar-refractivity contribution in [3.05, 3.63) is 29.8 Å². The van der Waals surface area contributed by atoms with Crippen LogP contribution in [0.15, 0.2) is 24.3 Å². The Morgan fingerprint density at radius 2 is 1.75 bits per heavy atom. The molecule has 0 radical (unpaired) electrons. The van der Waals surface area contributed by atoms with Gasteiger partial charge in [-0.3, -0.25) is 4.90 Å². The summed E-state index contributed by atoms with van der Waals surface area (Å²) in [6.45, 7) is 10.5. The Hall–Kier alpha value is -1.02. The number of ether oxygens (including phenoxy) is 1. The number of likely N-dealkylation sites (tertiary alicyclic amines) is 1. The van der Waals surface area contributed by atoms with Gasteiger partial charge in [0.05, 0.1) is 0 Å². The van der Waals surface area contributed by atoms with Gasteiger partial charge in [-0.2, -0.15) is 0 Å². The van der Waals surface area contributed by atoms with Crippen LogP contribution in [0.5, 0.6) is 5.75 Å². The lowest BCUT2D eigenvalue weighted by Crippen LogP contribution is -2.39. The van der Waals surface area contributed by atoms with Crippen LogP contribution in [0.1, 0.15) is 25.8 Å². The van der Waals surface area contributed by atoms with Gasteiger partial charge in [-0.1, -0.05) is 31.5 Å². The SMILES string of the molecule is CC.Cc1ccc(OCCN2CCC2)cc1. The minimum Gasteiger partial charge on any atom is -0.492 e. The average molecular weight is 221 g/mol. The molecule has 1 aliphatic rings. The second-order valence-corrected chi connectivity index (χ2v) is 3.86. The molecule has 1 aromatic rings. The monoisotopic (exact) mass is 221 g/mol. The molecule has 0 saturated carbocycles. The van der Waals surface area contributed by atoms with Crippen LogP contribution in [0, 0.1) is 6.92 Å². The van der Waals surface area contributed by atoms with Gasteiger partial charge in [0, 0.05) is 6.54 Å². The lowest BCUT2D eigenvalue weighted by molar-refractivity contribution is 0.147. The molecule has 1 aromatic carbocycles. The largest absolute Gasteiger partial charge is 0.492 e. The van der Waals surface area contributed by atoms with Crippen LogP contribution >= 0.6 is 0 Å². The number of benzene rings is 1. The lowest BCUT2D eigenvalue weighted by atomic mass is 10.2. The Bertz CT molecular complexity index is 277. The molecule has 0 atom stereocenters. The maximum absolute atomic E-state index is 5.63. The van der Waals surface area contributed by atoms with Gasteiger partial charge in [-0.15, -0.1) is 0 Å². The van der Waals surface area contributed by atoms with E-state index in [0.29, 0.717) is 0 Å². The van der Waals surface area contributed by atoms with Crippen molar-refractivity contribution in [2.45, 2.75) is 27.2 Å². The molecule has 2 nitrogen and oxygen atoms in total. The molecule has 0 aromatic heterocycles. The zero-order chi connectivity index (χ0) is 11.8. The van der Waals surface area contributed by atoms with Gasteiger partial charge in [0.15, 0.2) is 0 Å². The fourth-order valence-corrected chi connectivity index (χ4v) is 1.53. The van der Waals surface area contributed by atoms with Crippen LogP contribution in [-0.4, -0.2) is 31.1 Å². The normalized spacial score (nSPS) is 14.7. The average Bonchev–Trinajstić information content (AvgIpc) is 2.27. The van der Waals surface area contributed by atoms with E-state index in [-0.39, 0.29) is 0 Å². The molecule has 0 spiro atoms. The van der Waals surface area contributed by atoms with Crippen LogP contribution in [0.3, 0.4) is 0 Å². The summed E-state index contributed by atoms with van der Waals surface area (Å²) < 4.78 is 5.63.